The van der Waals surface area contributed by atoms with E-state index in [1.807, 2.05) is 17.8 Å². The van der Waals surface area contributed by atoms with Gasteiger partial charge in [-0.25, -0.2) is 4.98 Å². The average molecular weight is 411 g/mol. The zero-order chi connectivity index (χ0) is 21.3. The van der Waals surface area contributed by atoms with Gasteiger partial charge in [-0.1, -0.05) is 43.7 Å². The molecule has 7 heteroatoms. The lowest BCUT2D eigenvalue weighted by molar-refractivity contribution is 0.271. The van der Waals surface area contributed by atoms with E-state index >= 15 is 0 Å². The third-order valence-electron chi connectivity index (χ3n) is 5.30. The zero-order valence-corrected chi connectivity index (χ0v) is 18.3. The van der Waals surface area contributed by atoms with Crippen LogP contribution in [0.5, 0.6) is 0 Å². The fraction of sp³-hybridized carbons (Fsp3) is 0.522. The Labute approximate surface area is 179 Å². The molecule has 2 heterocycles. The predicted octanol–water partition coefficient (Wildman–Crippen LogP) is 4.41. The predicted molar refractivity (Wildman–Crippen MR) is 123 cm³/mol. The minimum absolute atomic E-state index is 0.0471. The van der Waals surface area contributed by atoms with Crippen LogP contribution in [0.15, 0.2) is 36.7 Å². The molecule has 0 unspecified atom stereocenters. The Morgan fingerprint density at radius 1 is 1.07 bits per heavy atom. The van der Waals surface area contributed by atoms with Gasteiger partial charge in [-0.05, 0) is 45.1 Å². The van der Waals surface area contributed by atoms with Crippen LogP contribution in [0.2, 0.25) is 0 Å². The van der Waals surface area contributed by atoms with E-state index in [-0.39, 0.29) is 18.7 Å². The fourth-order valence-electron chi connectivity index (χ4n) is 3.42. The molecule has 3 rings (SSSR count). The molecule has 1 aromatic carbocycles. The highest BCUT2D eigenvalue weighted by Crippen LogP contribution is 2.24. The number of aromatic nitrogens is 4. The molecule has 7 nitrogen and oxygen atoms in total. The van der Waals surface area contributed by atoms with Crippen LogP contribution in [0.4, 0.5) is 11.8 Å². The summed E-state index contributed by atoms with van der Waals surface area (Å²) in [4.78, 5) is 13.9. The second kappa shape index (κ2) is 10.9. The lowest BCUT2D eigenvalue weighted by atomic mass is 10.1. The van der Waals surface area contributed by atoms with Crippen molar-refractivity contribution in [3.05, 3.63) is 42.2 Å². The highest BCUT2D eigenvalue weighted by Gasteiger charge is 2.16. The molecule has 0 bridgehead atoms. The first-order chi connectivity index (χ1) is 14.6. The van der Waals surface area contributed by atoms with Gasteiger partial charge in [0.15, 0.2) is 17.0 Å². The zero-order valence-electron chi connectivity index (χ0n) is 18.3. The number of hydrogen-bond donors (Lipinski definition) is 3. The lowest BCUT2D eigenvalue weighted by Gasteiger charge is -2.16. The monoisotopic (exact) mass is 410 g/mol. The molecule has 0 saturated heterocycles. The van der Waals surface area contributed by atoms with Crippen LogP contribution in [0, 0.1) is 0 Å². The maximum absolute atomic E-state index is 9.53. The van der Waals surface area contributed by atoms with Crippen LogP contribution >= 0.6 is 0 Å². The van der Waals surface area contributed by atoms with Crippen LogP contribution in [0.3, 0.4) is 0 Å². The summed E-state index contributed by atoms with van der Waals surface area (Å²) in [5.41, 5.74) is 2.99. The number of nitrogens with zero attached hydrogens (tertiary/aromatic N) is 4. The van der Waals surface area contributed by atoms with E-state index < -0.39 is 0 Å². The molecule has 162 valence electrons. The van der Waals surface area contributed by atoms with Crippen LogP contribution in [0.25, 0.3) is 11.2 Å². The first kappa shape index (κ1) is 22.0. The number of aryl methyl sites for hydroxylation is 1. The minimum Gasteiger partial charge on any atom is -0.394 e. The van der Waals surface area contributed by atoms with Gasteiger partial charge in [0.05, 0.1) is 19.0 Å². The molecule has 2 aromatic heterocycles. The van der Waals surface area contributed by atoms with Crippen molar-refractivity contribution in [3.63, 3.8) is 0 Å². The number of fused-ring (bicyclic) bond motifs is 1. The summed E-state index contributed by atoms with van der Waals surface area (Å²) >= 11 is 0. The summed E-state index contributed by atoms with van der Waals surface area (Å²) in [6.07, 6.45) is 7.14. The van der Waals surface area contributed by atoms with Gasteiger partial charge < -0.3 is 20.3 Å². The highest BCUT2D eigenvalue weighted by atomic mass is 16.3. The van der Waals surface area contributed by atoms with E-state index in [1.165, 1.54) is 12.0 Å². The first-order valence-electron chi connectivity index (χ1n) is 11.0. The van der Waals surface area contributed by atoms with E-state index in [9.17, 15) is 5.11 Å². The van der Waals surface area contributed by atoms with Gasteiger partial charge in [-0.2, -0.15) is 9.97 Å². The van der Waals surface area contributed by atoms with Gasteiger partial charge in [0, 0.05) is 12.6 Å². The minimum atomic E-state index is -0.0660. The first-order valence-corrected chi connectivity index (χ1v) is 11.0. The highest BCUT2D eigenvalue weighted by molar-refractivity contribution is 5.84. The Hall–Kier alpha value is -2.67. The topological polar surface area (TPSA) is 87.9 Å². The fourth-order valence-corrected chi connectivity index (χ4v) is 3.42. The Morgan fingerprint density at radius 3 is 2.57 bits per heavy atom. The maximum atomic E-state index is 9.53. The smallest absolute Gasteiger partial charge is 0.227 e. The van der Waals surface area contributed by atoms with E-state index in [1.54, 1.807) is 0 Å². The number of anilines is 2. The SMILES string of the molecule is CC[C@H](CO)Nc1nc(NCCCCCc2ccccc2)c2ncn(C(C)C)c2n1. The van der Waals surface area contributed by atoms with E-state index in [0.717, 1.165) is 49.2 Å². The van der Waals surface area contributed by atoms with Crippen molar-refractivity contribution in [2.45, 2.75) is 65.0 Å². The van der Waals surface area contributed by atoms with Crippen molar-refractivity contribution in [1.82, 2.24) is 19.5 Å². The molecule has 1 atom stereocenters. The van der Waals surface area contributed by atoms with Crippen molar-refractivity contribution < 1.29 is 5.11 Å². The Morgan fingerprint density at radius 2 is 1.87 bits per heavy atom. The summed E-state index contributed by atoms with van der Waals surface area (Å²) in [5.74, 6) is 1.27. The second-order valence-electron chi connectivity index (χ2n) is 7.97. The summed E-state index contributed by atoms with van der Waals surface area (Å²) in [5, 5.41) is 16.2. The van der Waals surface area contributed by atoms with Crippen molar-refractivity contribution >= 4 is 22.9 Å². The molecule has 3 N–H and O–H groups in total. The second-order valence-corrected chi connectivity index (χ2v) is 7.97. The van der Waals surface area contributed by atoms with Crippen LogP contribution in [-0.2, 0) is 6.42 Å². The van der Waals surface area contributed by atoms with Gasteiger partial charge >= 0.3 is 0 Å². The molecule has 3 aromatic rings. The number of rotatable bonds is 12. The number of aliphatic hydroxyl groups is 1. The summed E-state index contributed by atoms with van der Waals surface area (Å²) < 4.78 is 2.05. The third-order valence-corrected chi connectivity index (χ3v) is 5.30. The molecule has 0 aliphatic carbocycles. The number of nitrogens with one attached hydrogen (secondary N) is 2. The normalized spacial score (nSPS) is 12.4. The van der Waals surface area contributed by atoms with Crippen molar-refractivity contribution in [3.8, 4) is 0 Å². The Balaban J connectivity index is 1.64. The number of hydrogen-bond acceptors (Lipinski definition) is 6. The molecule has 0 aliphatic heterocycles. The van der Waals surface area contributed by atoms with Gasteiger partial charge in [0.2, 0.25) is 5.95 Å². The number of aliphatic hydroxyl groups excluding tert-OH is 1. The summed E-state index contributed by atoms with van der Waals surface area (Å²) in [6, 6.07) is 10.8. The van der Waals surface area contributed by atoms with Gasteiger partial charge in [0.25, 0.3) is 0 Å². The van der Waals surface area contributed by atoms with E-state index in [2.05, 4.69) is 69.8 Å². The average Bonchev–Trinajstić information content (AvgIpc) is 3.19. The third kappa shape index (κ3) is 5.69. The van der Waals surface area contributed by atoms with E-state index in [0.29, 0.717) is 5.95 Å². The molecule has 0 aliphatic rings. The summed E-state index contributed by atoms with van der Waals surface area (Å²) in [7, 11) is 0. The van der Waals surface area contributed by atoms with Gasteiger partial charge in [-0.3, -0.25) is 0 Å². The van der Waals surface area contributed by atoms with Crippen molar-refractivity contribution in [2.24, 2.45) is 0 Å². The quantitative estimate of drug-likeness (QED) is 0.383. The molecule has 30 heavy (non-hydrogen) atoms. The Kier molecular flexibility index (Phi) is 8.02. The van der Waals surface area contributed by atoms with Gasteiger partial charge in [-0.15, -0.1) is 0 Å². The molecular formula is C23H34N6O. The molecule has 0 saturated carbocycles. The molecular weight excluding hydrogens is 376 g/mol. The number of imidazole rings is 1. The van der Waals surface area contributed by atoms with Crippen molar-refractivity contribution in [2.75, 3.05) is 23.8 Å². The van der Waals surface area contributed by atoms with Crippen LogP contribution < -0.4 is 10.6 Å². The van der Waals surface area contributed by atoms with Gasteiger partial charge in [0.1, 0.15) is 0 Å². The molecule has 0 amide bonds. The molecule has 0 fully saturated rings. The number of unbranched alkanes of at least 4 members (excludes halogenated alkanes) is 2. The molecule has 0 radical (unpaired) electrons. The largest absolute Gasteiger partial charge is 0.394 e. The standard InChI is InChI=1S/C23H34N6O/c1-4-19(15-30)26-23-27-21(20-22(28-23)29(16-25-20)17(2)3)24-14-10-6-9-13-18-11-7-5-8-12-18/h5,7-8,11-12,16-17,19,30H,4,6,9-10,13-15H2,1-3H3,(H2,24,26,27,28)/t19-/m1/s1. The number of benzene rings is 1. The maximum Gasteiger partial charge on any atom is 0.227 e. The lowest BCUT2D eigenvalue weighted by Crippen LogP contribution is -2.24. The van der Waals surface area contributed by atoms with E-state index in [4.69, 9.17) is 0 Å². The van der Waals surface area contributed by atoms with Crippen LogP contribution in [0.1, 0.15) is 58.1 Å². The van der Waals surface area contributed by atoms with Crippen LogP contribution in [-0.4, -0.2) is 43.8 Å². The summed E-state index contributed by atoms with van der Waals surface area (Å²) in [6.45, 7) is 7.13. The van der Waals surface area contributed by atoms with Crippen molar-refractivity contribution in [1.29, 1.82) is 0 Å². The molecule has 0 spiro atoms. The Bertz CT molecular complexity index is 905.